The minimum absolute atomic E-state index is 0.0000288. The zero-order valence-corrected chi connectivity index (χ0v) is 11.5. The molecule has 0 bridgehead atoms. The van der Waals surface area contributed by atoms with E-state index in [1.165, 1.54) is 0 Å². The molecule has 0 saturated carbocycles. The lowest BCUT2D eigenvalue weighted by Gasteiger charge is -2.03. The van der Waals surface area contributed by atoms with Crippen LogP contribution >= 0.6 is 0 Å². The summed E-state index contributed by atoms with van der Waals surface area (Å²) in [6.45, 7) is 0.748. The topological polar surface area (TPSA) is 93.5 Å². The van der Waals surface area contributed by atoms with Crippen LogP contribution in [-0.2, 0) is 21.4 Å². The first-order chi connectivity index (χ1) is 9.56. The molecular weight excluding hydrogens is 262 g/mol. The van der Waals surface area contributed by atoms with Crippen LogP contribution in [0.5, 0.6) is 0 Å². The number of hydrogen-bond acceptors (Lipinski definition) is 4. The number of nitrogens with one attached hydrogen (secondary N) is 1. The lowest BCUT2D eigenvalue weighted by Crippen LogP contribution is -2.14. The van der Waals surface area contributed by atoms with Gasteiger partial charge in [0, 0.05) is 32.6 Å². The Kier molecular flexibility index (Phi) is 4.73. The van der Waals surface area contributed by atoms with Crippen molar-refractivity contribution in [3.8, 4) is 0 Å². The van der Waals surface area contributed by atoms with Gasteiger partial charge in [0.25, 0.3) is 0 Å². The van der Waals surface area contributed by atoms with Crippen LogP contribution in [0.3, 0.4) is 0 Å². The summed E-state index contributed by atoms with van der Waals surface area (Å²) in [5, 5.41) is 15.6. The fourth-order valence-electron chi connectivity index (χ4n) is 2.18. The fourth-order valence-corrected chi connectivity index (χ4v) is 2.18. The summed E-state index contributed by atoms with van der Waals surface area (Å²) in [6.07, 6.45) is 2.50. The summed E-state index contributed by atoms with van der Waals surface area (Å²) in [5.74, 6) is -0.483. The van der Waals surface area contributed by atoms with Crippen LogP contribution in [0.15, 0.2) is 6.07 Å². The van der Waals surface area contributed by atoms with Gasteiger partial charge in [-0.15, -0.1) is 0 Å². The Morgan fingerprint density at radius 1 is 1.55 bits per heavy atom. The van der Waals surface area contributed by atoms with E-state index in [1.807, 2.05) is 6.07 Å². The Balaban J connectivity index is 1.88. The highest BCUT2D eigenvalue weighted by Crippen LogP contribution is 2.28. The summed E-state index contributed by atoms with van der Waals surface area (Å²) in [4.78, 5) is 22.1. The molecule has 0 aliphatic carbocycles. The van der Waals surface area contributed by atoms with Crippen LogP contribution in [0.1, 0.15) is 43.9 Å². The molecule has 0 radical (unpaired) electrons. The number of nitrogens with zero attached hydrogens (tertiary/aromatic N) is 2. The Labute approximate surface area is 116 Å². The van der Waals surface area contributed by atoms with E-state index in [4.69, 9.17) is 9.84 Å². The van der Waals surface area contributed by atoms with E-state index >= 15 is 0 Å². The van der Waals surface area contributed by atoms with Crippen molar-refractivity contribution in [3.63, 3.8) is 0 Å². The zero-order valence-electron chi connectivity index (χ0n) is 11.5. The first-order valence-electron chi connectivity index (χ1n) is 6.73. The summed E-state index contributed by atoms with van der Waals surface area (Å²) in [6, 6.07) is 1.81. The Hall–Kier alpha value is -1.89. The van der Waals surface area contributed by atoms with Gasteiger partial charge in [0.1, 0.15) is 11.9 Å². The molecule has 1 amide bonds. The van der Waals surface area contributed by atoms with Crippen molar-refractivity contribution in [2.45, 2.75) is 38.2 Å². The largest absolute Gasteiger partial charge is 0.481 e. The van der Waals surface area contributed by atoms with Gasteiger partial charge < -0.3 is 15.2 Å². The van der Waals surface area contributed by atoms with Crippen molar-refractivity contribution in [2.24, 2.45) is 7.05 Å². The number of carboxylic acids is 1. The number of rotatable bonds is 6. The molecule has 1 atom stereocenters. The molecule has 2 N–H and O–H groups in total. The quantitative estimate of drug-likeness (QED) is 0.823. The number of carbonyl (C=O) groups is 2. The highest BCUT2D eigenvalue weighted by molar-refractivity contribution is 5.90. The summed E-state index contributed by atoms with van der Waals surface area (Å²) >= 11 is 0. The van der Waals surface area contributed by atoms with Gasteiger partial charge >= 0.3 is 5.97 Å². The standard InChI is InChI=1S/C13H19N3O4/c1-16-11(14-12(17)5-2-6-13(18)19)8-9(15-16)10-4-3-7-20-10/h8,10H,2-7H2,1H3,(H,14,17)(H,18,19). The third kappa shape index (κ3) is 3.80. The average Bonchev–Trinajstić information content (AvgIpc) is 2.99. The average molecular weight is 281 g/mol. The molecule has 7 nitrogen and oxygen atoms in total. The van der Waals surface area contributed by atoms with Crippen LogP contribution in [0.2, 0.25) is 0 Å². The number of aromatic nitrogens is 2. The maximum Gasteiger partial charge on any atom is 0.303 e. The second-order valence-electron chi connectivity index (χ2n) is 4.88. The van der Waals surface area contributed by atoms with Crippen molar-refractivity contribution in [1.82, 2.24) is 9.78 Å². The van der Waals surface area contributed by atoms with Crippen molar-refractivity contribution < 1.29 is 19.4 Å². The smallest absolute Gasteiger partial charge is 0.303 e. The molecule has 20 heavy (non-hydrogen) atoms. The predicted octanol–water partition coefficient (Wildman–Crippen LogP) is 1.47. The molecule has 1 aliphatic rings. The van der Waals surface area contributed by atoms with Crippen LogP contribution in [0.4, 0.5) is 5.82 Å². The zero-order chi connectivity index (χ0) is 14.5. The van der Waals surface area contributed by atoms with Gasteiger partial charge in [-0.05, 0) is 19.3 Å². The number of carboxylic acid groups (broad SMARTS) is 1. The second kappa shape index (κ2) is 6.51. The van der Waals surface area contributed by atoms with Gasteiger partial charge in [-0.1, -0.05) is 0 Å². The van der Waals surface area contributed by atoms with Gasteiger partial charge in [0.15, 0.2) is 0 Å². The molecule has 1 aliphatic heterocycles. The molecule has 1 unspecified atom stereocenters. The molecule has 1 saturated heterocycles. The fraction of sp³-hybridized carbons (Fsp3) is 0.615. The highest BCUT2D eigenvalue weighted by atomic mass is 16.5. The van der Waals surface area contributed by atoms with E-state index in [0.717, 1.165) is 25.1 Å². The van der Waals surface area contributed by atoms with Gasteiger partial charge in [-0.25, -0.2) is 0 Å². The van der Waals surface area contributed by atoms with Gasteiger partial charge in [0.2, 0.25) is 5.91 Å². The molecule has 0 spiro atoms. The number of carbonyl (C=O) groups excluding carboxylic acids is 1. The second-order valence-corrected chi connectivity index (χ2v) is 4.88. The van der Waals surface area contributed by atoms with Crippen molar-refractivity contribution >= 4 is 17.7 Å². The van der Waals surface area contributed by atoms with E-state index in [1.54, 1.807) is 11.7 Å². The third-order valence-electron chi connectivity index (χ3n) is 3.22. The first kappa shape index (κ1) is 14.5. The maximum absolute atomic E-state index is 11.7. The highest BCUT2D eigenvalue weighted by Gasteiger charge is 2.21. The summed E-state index contributed by atoms with van der Waals surface area (Å²) < 4.78 is 7.15. The van der Waals surface area contributed by atoms with E-state index in [0.29, 0.717) is 12.2 Å². The molecule has 2 heterocycles. The Morgan fingerprint density at radius 2 is 2.35 bits per heavy atom. The molecule has 0 aromatic carbocycles. The third-order valence-corrected chi connectivity index (χ3v) is 3.22. The molecule has 1 fully saturated rings. The Bertz CT molecular complexity index is 492. The lowest BCUT2D eigenvalue weighted by molar-refractivity contribution is -0.137. The number of ether oxygens (including phenoxy) is 1. The maximum atomic E-state index is 11.7. The molecular formula is C13H19N3O4. The van der Waals surface area contributed by atoms with Crippen molar-refractivity contribution in [3.05, 3.63) is 11.8 Å². The number of hydrogen-bond donors (Lipinski definition) is 2. The van der Waals surface area contributed by atoms with Crippen molar-refractivity contribution in [2.75, 3.05) is 11.9 Å². The van der Waals surface area contributed by atoms with Crippen LogP contribution in [0.25, 0.3) is 0 Å². The van der Waals surface area contributed by atoms with E-state index in [-0.39, 0.29) is 24.9 Å². The van der Waals surface area contributed by atoms with E-state index < -0.39 is 5.97 Å². The molecule has 110 valence electrons. The van der Waals surface area contributed by atoms with E-state index in [2.05, 4.69) is 10.4 Å². The minimum atomic E-state index is -0.890. The van der Waals surface area contributed by atoms with Crippen molar-refractivity contribution in [1.29, 1.82) is 0 Å². The number of aliphatic carboxylic acids is 1. The summed E-state index contributed by atoms with van der Waals surface area (Å²) in [5.41, 5.74) is 0.825. The number of amides is 1. The Morgan fingerprint density at radius 3 is 3.00 bits per heavy atom. The van der Waals surface area contributed by atoms with Gasteiger partial charge in [0.05, 0.1) is 5.69 Å². The molecule has 2 rings (SSSR count). The lowest BCUT2D eigenvalue weighted by atomic mass is 10.2. The van der Waals surface area contributed by atoms with Crippen LogP contribution in [0, 0.1) is 0 Å². The predicted molar refractivity (Wildman–Crippen MR) is 71.3 cm³/mol. The van der Waals surface area contributed by atoms with Gasteiger partial charge in [-0.2, -0.15) is 5.10 Å². The molecule has 1 aromatic heterocycles. The minimum Gasteiger partial charge on any atom is -0.481 e. The first-order valence-corrected chi connectivity index (χ1v) is 6.73. The molecule has 7 heteroatoms. The van der Waals surface area contributed by atoms with Crippen LogP contribution < -0.4 is 5.32 Å². The van der Waals surface area contributed by atoms with E-state index in [9.17, 15) is 9.59 Å². The summed E-state index contributed by atoms with van der Waals surface area (Å²) in [7, 11) is 1.76. The monoisotopic (exact) mass is 281 g/mol. The normalized spacial score (nSPS) is 18.1. The molecule has 1 aromatic rings. The van der Waals surface area contributed by atoms with Crippen LogP contribution in [-0.4, -0.2) is 33.4 Å². The number of aryl methyl sites for hydroxylation is 1. The number of anilines is 1. The SMILES string of the molecule is Cn1nc(C2CCCO2)cc1NC(=O)CCCC(=O)O. The van der Waals surface area contributed by atoms with Gasteiger partial charge in [-0.3, -0.25) is 14.3 Å².